The molecule has 0 unspecified atom stereocenters. The monoisotopic (exact) mass is 335 g/mol. The van der Waals surface area contributed by atoms with Crippen LogP contribution in [0.1, 0.15) is 53.8 Å². The third-order valence-electron chi connectivity index (χ3n) is 4.08. The first-order valence-electron chi connectivity index (χ1n) is 7.71. The molecule has 3 heterocycles. The first-order chi connectivity index (χ1) is 10.7. The molecular weight excluding hydrogens is 314 g/mol. The van der Waals surface area contributed by atoms with Crippen molar-refractivity contribution in [1.29, 1.82) is 0 Å². The molecule has 0 aromatic carbocycles. The first kappa shape index (κ1) is 15.5. The zero-order valence-corrected chi connectivity index (χ0v) is 14.5. The molecule has 0 saturated carbocycles. The maximum absolute atomic E-state index is 12.7. The quantitative estimate of drug-likeness (QED) is 0.893. The topological polar surface area (TPSA) is 45.2 Å². The highest BCUT2D eigenvalue weighted by Gasteiger charge is 2.32. The molecule has 0 spiro atoms. The lowest BCUT2D eigenvalue weighted by Gasteiger charge is -2.26. The Labute approximate surface area is 139 Å². The van der Waals surface area contributed by atoms with Gasteiger partial charge < -0.3 is 10.2 Å². The molecule has 118 valence electrons. The highest BCUT2D eigenvalue weighted by atomic mass is 32.1. The van der Waals surface area contributed by atoms with Crippen molar-refractivity contribution in [2.45, 2.75) is 45.2 Å². The van der Waals surface area contributed by atoms with Crippen molar-refractivity contribution in [3.63, 3.8) is 0 Å². The van der Waals surface area contributed by atoms with E-state index in [4.69, 9.17) is 0 Å². The lowest BCUT2D eigenvalue weighted by atomic mass is 10.1. The molecule has 0 bridgehead atoms. The van der Waals surface area contributed by atoms with Gasteiger partial charge in [-0.2, -0.15) is 0 Å². The van der Waals surface area contributed by atoms with Gasteiger partial charge in [-0.1, -0.05) is 13.0 Å². The Kier molecular flexibility index (Phi) is 4.78. The Hall–Kier alpha value is -1.40. The molecule has 22 heavy (non-hydrogen) atoms. The molecule has 2 aromatic rings. The normalized spacial score (nSPS) is 19.4. The number of amides is 2. The summed E-state index contributed by atoms with van der Waals surface area (Å²) in [6.07, 6.45) is 2.96. The van der Waals surface area contributed by atoms with Crippen LogP contribution in [0.5, 0.6) is 0 Å². The standard InChI is InChI=1S/C16H21N3OS2/c1-3-12(15-7-5-9-21-15)18-16(20)19-8-4-6-14(19)13-10-22-11(2)17-13/h5,7,9-10,12,14H,3-4,6,8H2,1-2H3,(H,18,20)/t12-,14-/m1/s1. The van der Waals surface area contributed by atoms with E-state index in [-0.39, 0.29) is 18.1 Å². The van der Waals surface area contributed by atoms with E-state index < -0.39 is 0 Å². The van der Waals surface area contributed by atoms with Crippen molar-refractivity contribution in [3.05, 3.63) is 38.5 Å². The highest BCUT2D eigenvalue weighted by molar-refractivity contribution is 7.10. The molecule has 1 fully saturated rings. The van der Waals surface area contributed by atoms with E-state index in [2.05, 4.69) is 34.1 Å². The third kappa shape index (κ3) is 3.17. The van der Waals surface area contributed by atoms with Gasteiger partial charge in [0.25, 0.3) is 0 Å². The zero-order chi connectivity index (χ0) is 15.5. The van der Waals surface area contributed by atoms with Crippen LogP contribution in [0.2, 0.25) is 0 Å². The summed E-state index contributed by atoms with van der Waals surface area (Å²) in [6, 6.07) is 4.39. The average Bonchev–Trinajstić information content (AvgIpc) is 3.24. The Morgan fingerprint density at radius 3 is 3.05 bits per heavy atom. The number of aromatic nitrogens is 1. The van der Waals surface area contributed by atoms with Crippen LogP contribution in [0.4, 0.5) is 4.79 Å². The minimum Gasteiger partial charge on any atom is -0.330 e. The second-order valence-corrected chi connectivity index (χ2v) is 7.61. The van der Waals surface area contributed by atoms with E-state index in [9.17, 15) is 4.79 Å². The molecule has 1 saturated heterocycles. The van der Waals surface area contributed by atoms with Gasteiger partial charge in [-0.05, 0) is 37.6 Å². The van der Waals surface area contributed by atoms with Crippen molar-refractivity contribution in [1.82, 2.24) is 15.2 Å². The van der Waals surface area contributed by atoms with E-state index in [0.717, 1.165) is 36.5 Å². The van der Waals surface area contributed by atoms with Gasteiger partial charge in [0, 0.05) is 16.8 Å². The van der Waals surface area contributed by atoms with Gasteiger partial charge in [0.2, 0.25) is 0 Å². The molecule has 2 atom stereocenters. The number of rotatable bonds is 4. The van der Waals surface area contributed by atoms with Crippen LogP contribution < -0.4 is 5.32 Å². The smallest absolute Gasteiger partial charge is 0.318 e. The molecule has 1 N–H and O–H groups in total. The van der Waals surface area contributed by atoms with E-state index >= 15 is 0 Å². The average molecular weight is 335 g/mol. The molecule has 4 nitrogen and oxygen atoms in total. The number of carbonyl (C=O) groups excluding carboxylic acids is 1. The Bertz CT molecular complexity index is 623. The van der Waals surface area contributed by atoms with Gasteiger partial charge in [-0.3, -0.25) is 0 Å². The van der Waals surface area contributed by atoms with Crippen LogP contribution in [0.3, 0.4) is 0 Å². The van der Waals surface area contributed by atoms with Crippen LogP contribution in [0.25, 0.3) is 0 Å². The second-order valence-electron chi connectivity index (χ2n) is 5.57. The minimum atomic E-state index is 0.0356. The van der Waals surface area contributed by atoms with E-state index in [1.54, 1.807) is 22.7 Å². The predicted octanol–water partition coefficient (Wildman–Crippen LogP) is 4.51. The molecule has 3 rings (SSSR count). The summed E-state index contributed by atoms with van der Waals surface area (Å²) in [6.45, 7) is 4.93. The van der Waals surface area contributed by atoms with E-state index in [1.165, 1.54) is 4.88 Å². The number of aryl methyl sites for hydroxylation is 1. The van der Waals surface area contributed by atoms with Crippen LogP contribution in [0.15, 0.2) is 22.9 Å². The molecular formula is C16H21N3OS2. The Balaban J connectivity index is 1.70. The first-order valence-corrected chi connectivity index (χ1v) is 9.47. The lowest BCUT2D eigenvalue weighted by Crippen LogP contribution is -2.41. The minimum absolute atomic E-state index is 0.0356. The third-order valence-corrected chi connectivity index (χ3v) is 5.86. The van der Waals surface area contributed by atoms with E-state index in [1.807, 2.05) is 17.9 Å². The van der Waals surface area contributed by atoms with Gasteiger partial charge in [0.1, 0.15) is 0 Å². The summed E-state index contributed by atoms with van der Waals surface area (Å²) in [5.74, 6) is 0. The lowest BCUT2D eigenvalue weighted by molar-refractivity contribution is 0.188. The van der Waals surface area contributed by atoms with E-state index in [0.29, 0.717) is 0 Å². The van der Waals surface area contributed by atoms with Crippen LogP contribution in [-0.2, 0) is 0 Å². The number of likely N-dealkylation sites (tertiary alicyclic amines) is 1. The molecule has 0 aliphatic carbocycles. The van der Waals surface area contributed by atoms with Gasteiger partial charge in [-0.15, -0.1) is 22.7 Å². The summed E-state index contributed by atoms with van der Waals surface area (Å²) in [7, 11) is 0. The Morgan fingerprint density at radius 2 is 2.41 bits per heavy atom. The van der Waals surface area contributed by atoms with Crippen LogP contribution in [0, 0.1) is 6.92 Å². The number of nitrogens with one attached hydrogen (secondary N) is 1. The second kappa shape index (κ2) is 6.79. The Morgan fingerprint density at radius 1 is 1.55 bits per heavy atom. The maximum atomic E-state index is 12.7. The van der Waals surface area contributed by atoms with Gasteiger partial charge >= 0.3 is 6.03 Å². The molecule has 6 heteroatoms. The number of thiazole rings is 1. The molecule has 2 amide bonds. The fraction of sp³-hybridized carbons (Fsp3) is 0.500. The van der Waals surface area contributed by atoms with Crippen molar-refractivity contribution in [2.75, 3.05) is 6.54 Å². The molecule has 2 aromatic heterocycles. The number of thiophene rings is 1. The van der Waals surface area contributed by atoms with Crippen molar-refractivity contribution >= 4 is 28.7 Å². The summed E-state index contributed by atoms with van der Waals surface area (Å²) < 4.78 is 0. The largest absolute Gasteiger partial charge is 0.330 e. The van der Waals surface area contributed by atoms with Crippen LogP contribution in [-0.4, -0.2) is 22.5 Å². The van der Waals surface area contributed by atoms with Gasteiger partial charge in [0.05, 0.1) is 22.8 Å². The van der Waals surface area contributed by atoms with Crippen molar-refractivity contribution in [2.24, 2.45) is 0 Å². The molecule has 0 radical (unpaired) electrons. The number of urea groups is 1. The molecule has 1 aliphatic heterocycles. The highest BCUT2D eigenvalue weighted by Crippen LogP contribution is 2.33. The summed E-state index contributed by atoms with van der Waals surface area (Å²) in [5.41, 5.74) is 1.04. The summed E-state index contributed by atoms with van der Waals surface area (Å²) in [4.78, 5) is 20.4. The fourth-order valence-electron chi connectivity index (χ4n) is 2.95. The predicted molar refractivity (Wildman–Crippen MR) is 91.4 cm³/mol. The SMILES string of the molecule is CC[C@@H](NC(=O)N1CCC[C@@H]1c1csc(C)n1)c1cccs1. The number of hydrogen-bond donors (Lipinski definition) is 1. The fourth-order valence-corrected chi connectivity index (χ4v) is 4.47. The van der Waals surface area contributed by atoms with Crippen molar-refractivity contribution in [3.8, 4) is 0 Å². The van der Waals surface area contributed by atoms with Crippen LogP contribution >= 0.6 is 22.7 Å². The summed E-state index contributed by atoms with van der Waals surface area (Å²) >= 11 is 3.35. The number of nitrogens with zero attached hydrogens (tertiary/aromatic N) is 2. The maximum Gasteiger partial charge on any atom is 0.318 e. The van der Waals surface area contributed by atoms with Crippen molar-refractivity contribution < 1.29 is 4.79 Å². The number of hydrogen-bond acceptors (Lipinski definition) is 4. The summed E-state index contributed by atoms with van der Waals surface area (Å²) in [5, 5.41) is 8.39. The zero-order valence-electron chi connectivity index (χ0n) is 12.9. The van der Waals surface area contributed by atoms with Gasteiger partial charge in [-0.25, -0.2) is 9.78 Å². The van der Waals surface area contributed by atoms with Gasteiger partial charge in [0.15, 0.2) is 0 Å². The molecule has 1 aliphatic rings. The number of carbonyl (C=O) groups is 1.